The number of aromatic nitrogens is 4. The van der Waals surface area contributed by atoms with Crippen LogP contribution in [-0.4, -0.2) is 33.3 Å². The lowest BCUT2D eigenvalue weighted by Gasteiger charge is -2.02. The van der Waals surface area contributed by atoms with Crippen LogP contribution in [0.5, 0.6) is 0 Å². The van der Waals surface area contributed by atoms with Crippen LogP contribution >= 0.6 is 12.2 Å². The van der Waals surface area contributed by atoms with E-state index in [2.05, 4.69) is 20.3 Å². The molecule has 82 valence electrons. The highest BCUT2D eigenvalue weighted by molar-refractivity contribution is 7.71. The predicted octanol–water partition coefficient (Wildman–Crippen LogP) is 1.11. The number of carbonyl (C=O) groups is 1. The van der Waals surface area contributed by atoms with Gasteiger partial charge in [-0.05, 0) is 36.5 Å². The molecule has 7 heteroatoms. The number of H-pyrrole nitrogens is 1. The Balaban J connectivity index is 2.37. The van der Waals surface area contributed by atoms with Crippen molar-refractivity contribution in [1.29, 1.82) is 0 Å². The molecule has 0 unspecified atom stereocenters. The van der Waals surface area contributed by atoms with E-state index >= 15 is 0 Å². The number of hydrogen-bond donors (Lipinski definition) is 1. The van der Waals surface area contributed by atoms with Crippen molar-refractivity contribution in [3.05, 3.63) is 34.6 Å². The highest BCUT2D eigenvalue weighted by Crippen LogP contribution is 2.09. The number of carbonyl (C=O) groups excluding carboxylic acids is 1. The zero-order valence-electron chi connectivity index (χ0n) is 8.38. The monoisotopic (exact) mass is 236 g/mol. The van der Waals surface area contributed by atoms with Crippen molar-refractivity contribution in [1.82, 2.24) is 20.2 Å². The van der Waals surface area contributed by atoms with Crippen molar-refractivity contribution in [3.8, 4) is 5.69 Å². The van der Waals surface area contributed by atoms with E-state index in [-0.39, 0.29) is 5.97 Å². The zero-order valence-corrected chi connectivity index (χ0v) is 9.19. The van der Waals surface area contributed by atoms with Gasteiger partial charge in [-0.25, -0.2) is 9.48 Å². The molecule has 1 aromatic heterocycles. The van der Waals surface area contributed by atoms with E-state index in [0.717, 1.165) is 5.69 Å². The molecule has 16 heavy (non-hydrogen) atoms. The summed E-state index contributed by atoms with van der Waals surface area (Å²) < 4.78 is 6.44. The fraction of sp³-hybridized carbons (Fsp3) is 0.111. The molecule has 0 spiro atoms. The van der Waals surface area contributed by atoms with Crippen LogP contribution in [0.2, 0.25) is 0 Å². The average Bonchev–Trinajstić information content (AvgIpc) is 2.75. The molecule has 0 aliphatic heterocycles. The largest absolute Gasteiger partial charge is 0.465 e. The molecular weight excluding hydrogens is 228 g/mol. The average molecular weight is 236 g/mol. The summed E-state index contributed by atoms with van der Waals surface area (Å²) in [6, 6.07) is 6.73. The van der Waals surface area contributed by atoms with Gasteiger partial charge in [0.2, 0.25) is 4.77 Å². The standard InChI is InChI=1S/C9H8N4O2S/c1-15-8(14)6-2-4-7(5-3-6)13-9(16)10-11-12-13/h2-5H,1H3,(H,10,12,16). The highest BCUT2D eigenvalue weighted by atomic mass is 32.1. The van der Waals surface area contributed by atoms with E-state index < -0.39 is 0 Å². The maximum absolute atomic E-state index is 11.2. The van der Waals surface area contributed by atoms with Crippen LogP contribution in [0.3, 0.4) is 0 Å². The molecular formula is C9H8N4O2S. The van der Waals surface area contributed by atoms with E-state index in [4.69, 9.17) is 12.2 Å². The summed E-state index contributed by atoms with van der Waals surface area (Å²) in [4.78, 5) is 11.2. The summed E-state index contributed by atoms with van der Waals surface area (Å²) in [5.74, 6) is -0.377. The van der Waals surface area contributed by atoms with Crippen molar-refractivity contribution in [2.45, 2.75) is 0 Å². The number of rotatable bonds is 2. The fourth-order valence-corrected chi connectivity index (χ4v) is 1.42. The molecule has 0 aliphatic carbocycles. The van der Waals surface area contributed by atoms with Gasteiger partial charge in [-0.2, -0.15) is 5.21 Å². The minimum Gasteiger partial charge on any atom is -0.465 e. The molecule has 0 bridgehead atoms. The predicted molar refractivity (Wildman–Crippen MR) is 57.9 cm³/mol. The smallest absolute Gasteiger partial charge is 0.337 e. The van der Waals surface area contributed by atoms with E-state index in [1.165, 1.54) is 11.8 Å². The number of benzene rings is 1. The summed E-state index contributed by atoms with van der Waals surface area (Å²) in [5.41, 5.74) is 1.23. The van der Waals surface area contributed by atoms with E-state index in [1.54, 1.807) is 24.3 Å². The van der Waals surface area contributed by atoms with Crippen molar-refractivity contribution in [2.75, 3.05) is 7.11 Å². The Bertz CT molecular complexity index is 557. The Labute approximate surface area is 95.8 Å². The van der Waals surface area contributed by atoms with Crippen molar-refractivity contribution < 1.29 is 9.53 Å². The molecule has 2 rings (SSSR count). The third kappa shape index (κ3) is 1.84. The first kappa shape index (κ1) is 10.5. The van der Waals surface area contributed by atoms with Crippen LogP contribution in [-0.2, 0) is 4.74 Å². The number of nitrogens with one attached hydrogen (secondary N) is 1. The number of esters is 1. The minimum absolute atomic E-state index is 0.325. The number of hydrogen-bond acceptors (Lipinski definition) is 5. The molecule has 0 saturated heterocycles. The summed E-state index contributed by atoms with van der Waals surface area (Å²) in [6.07, 6.45) is 0. The number of nitrogens with zero attached hydrogens (tertiary/aromatic N) is 3. The molecule has 0 saturated carbocycles. The number of ether oxygens (including phenoxy) is 1. The van der Waals surface area contributed by atoms with Crippen LogP contribution in [0, 0.1) is 4.77 Å². The summed E-state index contributed by atoms with van der Waals surface area (Å²) in [5, 5.41) is 9.83. The lowest BCUT2D eigenvalue weighted by atomic mass is 10.2. The second-order valence-corrected chi connectivity index (χ2v) is 3.32. The van der Waals surface area contributed by atoms with Crippen LogP contribution in [0.25, 0.3) is 5.69 Å². The normalized spacial score (nSPS) is 10.1. The van der Waals surface area contributed by atoms with Gasteiger partial charge < -0.3 is 4.74 Å². The first-order valence-corrected chi connectivity index (χ1v) is 4.82. The van der Waals surface area contributed by atoms with Gasteiger partial charge in [0.1, 0.15) is 0 Å². The first-order chi connectivity index (χ1) is 7.72. The van der Waals surface area contributed by atoms with Gasteiger partial charge in [0, 0.05) is 0 Å². The maximum atomic E-state index is 11.2. The quantitative estimate of drug-likeness (QED) is 0.624. The van der Waals surface area contributed by atoms with Crippen molar-refractivity contribution in [3.63, 3.8) is 0 Å². The van der Waals surface area contributed by atoms with Crippen LogP contribution in [0.1, 0.15) is 10.4 Å². The van der Waals surface area contributed by atoms with Crippen molar-refractivity contribution in [2.24, 2.45) is 0 Å². The number of methoxy groups -OCH3 is 1. The zero-order chi connectivity index (χ0) is 11.5. The Morgan fingerprint density at radius 2 is 2.12 bits per heavy atom. The third-order valence-electron chi connectivity index (χ3n) is 2.02. The highest BCUT2D eigenvalue weighted by Gasteiger charge is 2.05. The Morgan fingerprint density at radius 1 is 1.44 bits per heavy atom. The SMILES string of the molecule is COC(=O)c1ccc(-n2[nH]nnc2=S)cc1. The van der Waals surface area contributed by atoms with Gasteiger partial charge >= 0.3 is 5.97 Å². The van der Waals surface area contributed by atoms with Gasteiger partial charge in [-0.1, -0.05) is 10.3 Å². The van der Waals surface area contributed by atoms with Gasteiger partial charge in [0.25, 0.3) is 0 Å². The van der Waals surface area contributed by atoms with Crippen LogP contribution in [0.15, 0.2) is 24.3 Å². The maximum Gasteiger partial charge on any atom is 0.337 e. The molecule has 0 amide bonds. The molecule has 2 aromatic rings. The number of tetrazole rings is 1. The van der Waals surface area contributed by atoms with Crippen molar-refractivity contribution >= 4 is 18.2 Å². The molecule has 6 nitrogen and oxygen atoms in total. The van der Waals surface area contributed by atoms with Crippen LogP contribution in [0.4, 0.5) is 0 Å². The molecule has 0 radical (unpaired) electrons. The number of aromatic amines is 1. The second-order valence-electron chi connectivity index (χ2n) is 2.96. The Kier molecular flexibility index (Phi) is 2.78. The fourth-order valence-electron chi connectivity index (χ4n) is 1.23. The van der Waals surface area contributed by atoms with E-state index in [1.807, 2.05) is 0 Å². The molecule has 1 heterocycles. The molecule has 1 N–H and O–H groups in total. The first-order valence-electron chi connectivity index (χ1n) is 4.41. The molecule has 0 aliphatic rings. The Morgan fingerprint density at radius 3 is 2.62 bits per heavy atom. The summed E-state index contributed by atoms with van der Waals surface area (Å²) in [6.45, 7) is 0. The lowest BCUT2D eigenvalue weighted by molar-refractivity contribution is 0.0601. The third-order valence-corrected chi connectivity index (χ3v) is 2.28. The molecule has 1 aromatic carbocycles. The second kappa shape index (κ2) is 4.23. The van der Waals surface area contributed by atoms with E-state index in [0.29, 0.717) is 10.3 Å². The molecule has 0 atom stereocenters. The van der Waals surface area contributed by atoms with Gasteiger partial charge in [0.15, 0.2) is 0 Å². The van der Waals surface area contributed by atoms with Gasteiger partial charge in [0.05, 0.1) is 18.4 Å². The van der Waals surface area contributed by atoms with E-state index in [9.17, 15) is 4.79 Å². The van der Waals surface area contributed by atoms with Crippen LogP contribution < -0.4 is 0 Å². The minimum atomic E-state index is -0.377. The summed E-state index contributed by atoms with van der Waals surface area (Å²) >= 11 is 4.94. The van der Waals surface area contributed by atoms with Gasteiger partial charge in [-0.15, -0.1) is 0 Å². The lowest BCUT2D eigenvalue weighted by Crippen LogP contribution is -2.02. The molecule has 0 fully saturated rings. The van der Waals surface area contributed by atoms with Gasteiger partial charge in [-0.3, -0.25) is 0 Å². The Hall–Kier alpha value is -2.02. The topological polar surface area (TPSA) is 72.8 Å². The summed E-state index contributed by atoms with van der Waals surface area (Å²) in [7, 11) is 1.34.